The summed E-state index contributed by atoms with van der Waals surface area (Å²) in [4.78, 5) is 20.2. The van der Waals surface area contributed by atoms with Crippen molar-refractivity contribution in [1.29, 1.82) is 0 Å². The van der Waals surface area contributed by atoms with Crippen LogP contribution in [-0.2, 0) is 4.79 Å². The van der Waals surface area contributed by atoms with Gasteiger partial charge >= 0.3 is 0 Å². The Morgan fingerprint density at radius 1 is 1.25 bits per heavy atom. The number of aldehydes is 1. The first-order chi connectivity index (χ1) is 13.7. The summed E-state index contributed by atoms with van der Waals surface area (Å²) in [5, 5.41) is 3.21. The second kappa shape index (κ2) is 9.31. The zero-order valence-electron chi connectivity index (χ0n) is 15.3. The Morgan fingerprint density at radius 3 is 2.86 bits per heavy atom. The number of para-hydroxylation sites is 1. The first kappa shape index (κ1) is 19.8. The summed E-state index contributed by atoms with van der Waals surface area (Å²) < 4.78 is 6.99. The standard InChI is InChI=1S/C21H21BrN2O2S2/c22-20-10-9-19(28-20)17-14-27-21(23-17)18-8-4-5-11-24(18)15(12-25)13-26-16-6-2-1-3-7-16/h1-3,6-7,9-10,12,14-15,18H,4-5,8,11,13H2. The minimum atomic E-state index is -0.270. The number of rotatable bonds is 7. The van der Waals surface area contributed by atoms with Crippen molar-refractivity contribution in [2.24, 2.45) is 0 Å². The molecule has 28 heavy (non-hydrogen) atoms. The molecule has 3 heterocycles. The highest BCUT2D eigenvalue weighted by molar-refractivity contribution is 9.11. The molecule has 0 spiro atoms. The van der Waals surface area contributed by atoms with Crippen molar-refractivity contribution < 1.29 is 9.53 Å². The molecule has 1 aliphatic rings. The molecule has 1 fully saturated rings. The van der Waals surface area contributed by atoms with Crippen molar-refractivity contribution in [3.8, 4) is 16.3 Å². The van der Waals surface area contributed by atoms with Gasteiger partial charge in [0.2, 0.25) is 0 Å². The third-order valence-corrected chi connectivity index (χ3v) is 7.52. The maximum Gasteiger partial charge on any atom is 0.140 e. The third-order valence-electron chi connectivity index (χ3n) is 4.92. The van der Waals surface area contributed by atoms with Gasteiger partial charge in [-0.25, -0.2) is 4.98 Å². The van der Waals surface area contributed by atoms with Gasteiger partial charge in [-0.3, -0.25) is 4.90 Å². The fourth-order valence-corrected chi connectivity index (χ4v) is 5.93. The summed E-state index contributed by atoms with van der Waals surface area (Å²) >= 11 is 6.90. The molecule has 1 saturated heterocycles. The molecule has 0 aliphatic carbocycles. The fourth-order valence-electron chi connectivity index (χ4n) is 3.53. The van der Waals surface area contributed by atoms with E-state index in [1.54, 1.807) is 22.7 Å². The highest BCUT2D eigenvalue weighted by Gasteiger charge is 2.32. The Hall–Kier alpha value is -1.54. The van der Waals surface area contributed by atoms with Crippen molar-refractivity contribution in [2.45, 2.75) is 31.3 Å². The molecule has 4 rings (SSSR count). The molecule has 0 amide bonds. The van der Waals surface area contributed by atoms with Crippen molar-refractivity contribution >= 4 is 44.9 Å². The average Bonchev–Trinajstić information content (AvgIpc) is 3.39. The van der Waals surface area contributed by atoms with Crippen LogP contribution in [0.3, 0.4) is 0 Å². The van der Waals surface area contributed by atoms with Gasteiger partial charge < -0.3 is 9.53 Å². The fraction of sp³-hybridized carbons (Fsp3) is 0.333. The molecular formula is C21H21BrN2O2S2. The minimum absolute atomic E-state index is 0.172. The van der Waals surface area contributed by atoms with Crippen LogP contribution in [0.4, 0.5) is 0 Å². The predicted octanol–water partition coefficient (Wildman–Crippen LogP) is 5.81. The molecule has 146 valence electrons. The summed E-state index contributed by atoms with van der Waals surface area (Å²) in [6.45, 7) is 1.26. The lowest BCUT2D eigenvalue weighted by Crippen LogP contribution is -2.45. The Morgan fingerprint density at radius 2 is 2.11 bits per heavy atom. The lowest BCUT2D eigenvalue weighted by atomic mass is 10.0. The number of halogens is 1. The minimum Gasteiger partial charge on any atom is -0.491 e. The van der Waals surface area contributed by atoms with Crippen LogP contribution in [0.25, 0.3) is 10.6 Å². The van der Waals surface area contributed by atoms with Crippen molar-refractivity contribution in [2.75, 3.05) is 13.2 Å². The van der Waals surface area contributed by atoms with Gasteiger partial charge in [0, 0.05) is 5.38 Å². The van der Waals surface area contributed by atoms with Gasteiger partial charge in [-0.05, 0) is 59.6 Å². The zero-order valence-corrected chi connectivity index (χ0v) is 18.5. The number of benzene rings is 1. The van der Waals surface area contributed by atoms with Gasteiger partial charge in [0.15, 0.2) is 0 Å². The Kier molecular flexibility index (Phi) is 6.57. The molecule has 3 aromatic rings. The molecule has 1 aromatic carbocycles. The molecule has 0 radical (unpaired) electrons. The van der Waals surface area contributed by atoms with Crippen LogP contribution in [0.5, 0.6) is 5.75 Å². The van der Waals surface area contributed by atoms with E-state index >= 15 is 0 Å². The molecule has 2 aromatic heterocycles. The predicted molar refractivity (Wildman–Crippen MR) is 118 cm³/mol. The van der Waals surface area contributed by atoms with Crippen LogP contribution in [-0.4, -0.2) is 35.4 Å². The summed E-state index contributed by atoms with van der Waals surface area (Å²) in [6.07, 6.45) is 4.30. The number of likely N-dealkylation sites (tertiary alicyclic amines) is 1. The van der Waals surface area contributed by atoms with Crippen LogP contribution in [0.15, 0.2) is 51.6 Å². The normalized spacial score (nSPS) is 18.7. The van der Waals surface area contributed by atoms with Gasteiger partial charge in [0.05, 0.1) is 20.4 Å². The van der Waals surface area contributed by atoms with E-state index in [1.807, 2.05) is 30.3 Å². The number of carbonyl (C=O) groups is 1. The highest BCUT2D eigenvalue weighted by atomic mass is 79.9. The van der Waals surface area contributed by atoms with E-state index in [0.29, 0.717) is 6.61 Å². The molecule has 0 bridgehead atoms. The number of hydrogen-bond acceptors (Lipinski definition) is 6. The van der Waals surface area contributed by atoms with E-state index in [-0.39, 0.29) is 12.1 Å². The Labute approximate surface area is 181 Å². The summed E-state index contributed by atoms with van der Waals surface area (Å²) in [5.41, 5.74) is 1.02. The van der Waals surface area contributed by atoms with Crippen molar-refractivity contribution in [1.82, 2.24) is 9.88 Å². The van der Waals surface area contributed by atoms with E-state index in [2.05, 4.69) is 38.3 Å². The second-order valence-corrected chi connectivity index (χ2v) is 10.1. The maximum absolute atomic E-state index is 11.9. The number of hydrogen-bond donors (Lipinski definition) is 0. The van der Waals surface area contributed by atoms with E-state index in [0.717, 1.165) is 57.2 Å². The van der Waals surface area contributed by atoms with Gasteiger partial charge in [-0.2, -0.15) is 0 Å². The number of piperidine rings is 1. The highest BCUT2D eigenvalue weighted by Crippen LogP contribution is 2.38. The number of nitrogens with zero attached hydrogens (tertiary/aromatic N) is 2. The van der Waals surface area contributed by atoms with Crippen LogP contribution >= 0.6 is 38.6 Å². The van der Waals surface area contributed by atoms with Crippen LogP contribution < -0.4 is 4.74 Å². The Bertz CT molecular complexity index is 912. The van der Waals surface area contributed by atoms with Crippen molar-refractivity contribution in [3.63, 3.8) is 0 Å². The van der Waals surface area contributed by atoms with Crippen molar-refractivity contribution in [3.05, 3.63) is 56.6 Å². The zero-order chi connectivity index (χ0) is 19.3. The van der Waals surface area contributed by atoms with E-state index in [9.17, 15) is 4.79 Å². The molecule has 7 heteroatoms. The molecule has 4 nitrogen and oxygen atoms in total. The summed E-state index contributed by atoms with van der Waals surface area (Å²) in [5.74, 6) is 0.794. The number of ether oxygens (including phenoxy) is 1. The summed E-state index contributed by atoms with van der Waals surface area (Å²) in [7, 11) is 0. The molecule has 0 N–H and O–H groups in total. The molecule has 0 saturated carbocycles. The molecule has 1 aliphatic heterocycles. The number of thiazole rings is 1. The third kappa shape index (κ3) is 4.54. The van der Waals surface area contributed by atoms with Crippen LogP contribution in [0.2, 0.25) is 0 Å². The number of aromatic nitrogens is 1. The van der Waals surface area contributed by atoms with Gasteiger partial charge in [0.1, 0.15) is 29.7 Å². The summed E-state index contributed by atoms with van der Waals surface area (Å²) in [6, 6.07) is 13.7. The first-order valence-electron chi connectivity index (χ1n) is 9.34. The van der Waals surface area contributed by atoms with Gasteiger partial charge in [-0.1, -0.05) is 24.6 Å². The molecule has 2 atom stereocenters. The average molecular weight is 477 g/mol. The molecule has 2 unspecified atom stereocenters. The van der Waals surface area contributed by atoms with Gasteiger partial charge in [0.25, 0.3) is 0 Å². The maximum atomic E-state index is 11.9. The van der Waals surface area contributed by atoms with E-state index in [1.165, 1.54) is 0 Å². The molecular weight excluding hydrogens is 456 g/mol. The van der Waals surface area contributed by atoms with Crippen LogP contribution in [0.1, 0.15) is 30.3 Å². The lowest BCUT2D eigenvalue weighted by molar-refractivity contribution is -0.115. The first-order valence-corrected chi connectivity index (χ1v) is 11.8. The number of carbonyl (C=O) groups excluding carboxylic acids is 1. The van der Waals surface area contributed by atoms with Gasteiger partial charge in [-0.15, -0.1) is 22.7 Å². The number of thiophene rings is 1. The van der Waals surface area contributed by atoms with Crippen LogP contribution in [0, 0.1) is 0 Å². The smallest absolute Gasteiger partial charge is 0.140 e. The monoisotopic (exact) mass is 476 g/mol. The largest absolute Gasteiger partial charge is 0.491 e. The lowest BCUT2D eigenvalue weighted by Gasteiger charge is -2.37. The van der Waals surface area contributed by atoms with E-state index in [4.69, 9.17) is 9.72 Å². The SMILES string of the molecule is O=CC(COc1ccccc1)N1CCCCC1c1nc(-c2ccc(Br)s2)cs1. The Balaban J connectivity index is 1.50. The van der Waals surface area contributed by atoms with E-state index < -0.39 is 0 Å². The second-order valence-electron chi connectivity index (χ2n) is 6.75. The quantitative estimate of drug-likeness (QED) is 0.403. The topological polar surface area (TPSA) is 42.4 Å².